The summed E-state index contributed by atoms with van der Waals surface area (Å²) in [6.45, 7) is 4.73. The van der Waals surface area contributed by atoms with Crippen LogP contribution in [0.2, 0.25) is 10.0 Å². The fourth-order valence-corrected chi connectivity index (χ4v) is 6.23. The van der Waals surface area contributed by atoms with Gasteiger partial charge in [-0.3, -0.25) is 9.59 Å². The summed E-state index contributed by atoms with van der Waals surface area (Å²) in [5.74, 6) is 1.21. The molecule has 2 heterocycles. The lowest BCUT2D eigenvalue weighted by atomic mass is 9.70. The predicted octanol–water partition coefficient (Wildman–Crippen LogP) is 6.03. The second kappa shape index (κ2) is 9.51. The molecule has 0 spiro atoms. The molecule has 35 heavy (non-hydrogen) atoms. The van der Waals surface area contributed by atoms with E-state index in [4.69, 9.17) is 32.7 Å². The zero-order valence-electron chi connectivity index (χ0n) is 20.1. The molecule has 2 aromatic carbocycles. The summed E-state index contributed by atoms with van der Waals surface area (Å²) in [7, 11) is 1.63. The van der Waals surface area contributed by atoms with E-state index in [9.17, 15) is 9.59 Å². The molecule has 184 valence electrons. The first kappa shape index (κ1) is 24.2. The van der Waals surface area contributed by atoms with Crippen molar-refractivity contribution < 1.29 is 19.1 Å². The third-order valence-corrected chi connectivity index (χ3v) is 8.33. The van der Waals surface area contributed by atoms with Crippen molar-refractivity contribution in [3.63, 3.8) is 0 Å². The van der Waals surface area contributed by atoms with Crippen LogP contribution < -0.4 is 4.74 Å². The summed E-state index contributed by atoms with van der Waals surface area (Å²) in [5.41, 5.74) is 2.30. The van der Waals surface area contributed by atoms with E-state index in [1.165, 1.54) is 0 Å². The summed E-state index contributed by atoms with van der Waals surface area (Å²) in [6.07, 6.45) is 2.14. The van der Waals surface area contributed by atoms with Crippen molar-refractivity contribution in [1.29, 1.82) is 0 Å². The normalized spacial score (nSPS) is 28.0. The third-order valence-electron chi connectivity index (χ3n) is 7.59. The zero-order valence-corrected chi connectivity index (χ0v) is 21.6. The number of ether oxygens (including phenoxy) is 2. The average molecular weight is 514 g/mol. The van der Waals surface area contributed by atoms with Gasteiger partial charge < -0.3 is 14.4 Å². The van der Waals surface area contributed by atoms with E-state index in [2.05, 4.69) is 13.8 Å². The van der Waals surface area contributed by atoms with Crippen LogP contribution in [0.25, 0.3) is 0 Å². The standard InChI is InChI=1S/C28H29Cl2NO4/c1-15-12-16(2)26-20(13-15)25(32)23-24(18-6-9-21(29)22(30)14-18)31(28(33)27(23)35-26)11-10-17-4-7-19(34-3)8-5-17/h4-9,14-16,20,24,26H,10-13H2,1-3H3. The molecule has 2 aromatic rings. The molecule has 1 amide bonds. The Labute approximate surface area is 216 Å². The molecule has 0 bridgehead atoms. The Morgan fingerprint density at radius 2 is 1.77 bits per heavy atom. The maximum Gasteiger partial charge on any atom is 0.290 e. The lowest BCUT2D eigenvalue weighted by molar-refractivity contribution is -0.138. The van der Waals surface area contributed by atoms with Gasteiger partial charge in [0.15, 0.2) is 11.5 Å². The number of hydrogen-bond acceptors (Lipinski definition) is 4. The van der Waals surface area contributed by atoms with Crippen molar-refractivity contribution in [2.75, 3.05) is 13.7 Å². The monoisotopic (exact) mass is 513 g/mol. The van der Waals surface area contributed by atoms with Crippen molar-refractivity contribution in [2.24, 2.45) is 17.8 Å². The number of methoxy groups -OCH3 is 1. The Morgan fingerprint density at radius 3 is 2.46 bits per heavy atom. The van der Waals surface area contributed by atoms with Gasteiger partial charge in [-0.2, -0.15) is 0 Å². The summed E-state index contributed by atoms with van der Waals surface area (Å²) in [6, 6.07) is 12.5. The highest BCUT2D eigenvalue weighted by Gasteiger charge is 2.53. The second-order valence-corrected chi connectivity index (χ2v) is 10.8. The van der Waals surface area contributed by atoms with Crippen LogP contribution in [0, 0.1) is 17.8 Å². The van der Waals surface area contributed by atoms with Crippen molar-refractivity contribution in [3.8, 4) is 5.75 Å². The molecule has 5 unspecified atom stereocenters. The number of halogens is 2. The molecule has 0 saturated heterocycles. The third kappa shape index (κ3) is 4.34. The molecule has 1 saturated carbocycles. The molecule has 1 aliphatic carbocycles. The Bertz CT molecular complexity index is 1190. The van der Waals surface area contributed by atoms with Crippen LogP contribution >= 0.6 is 23.2 Å². The number of benzene rings is 2. The highest BCUT2D eigenvalue weighted by atomic mass is 35.5. The number of carbonyl (C=O) groups is 2. The molecule has 5 atom stereocenters. The fourth-order valence-electron chi connectivity index (χ4n) is 5.92. The van der Waals surface area contributed by atoms with Crippen LogP contribution in [0.15, 0.2) is 53.8 Å². The fraction of sp³-hybridized carbons (Fsp3) is 0.429. The van der Waals surface area contributed by atoms with E-state index in [1.54, 1.807) is 24.1 Å². The first-order chi connectivity index (χ1) is 16.8. The molecular formula is C28H29Cl2NO4. The van der Waals surface area contributed by atoms with Crippen LogP contribution in [-0.4, -0.2) is 36.3 Å². The first-order valence-electron chi connectivity index (χ1n) is 12.1. The van der Waals surface area contributed by atoms with Crippen molar-refractivity contribution >= 4 is 34.9 Å². The molecular weight excluding hydrogens is 485 g/mol. The van der Waals surface area contributed by atoms with Crippen molar-refractivity contribution in [3.05, 3.63) is 75.0 Å². The largest absolute Gasteiger partial charge is 0.497 e. The minimum absolute atomic E-state index is 0.0334. The highest BCUT2D eigenvalue weighted by Crippen LogP contribution is 2.49. The van der Waals surface area contributed by atoms with Crippen molar-refractivity contribution in [1.82, 2.24) is 4.90 Å². The molecule has 7 heteroatoms. The quantitative estimate of drug-likeness (QED) is 0.489. The van der Waals surface area contributed by atoms with Crippen LogP contribution in [0.3, 0.4) is 0 Å². The summed E-state index contributed by atoms with van der Waals surface area (Å²) >= 11 is 12.5. The van der Waals surface area contributed by atoms with E-state index >= 15 is 0 Å². The number of fused-ring (bicyclic) bond motifs is 1. The van der Waals surface area contributed by atoms with Gasteiger partial charge in [-0.15, -0.1) is 0 Å². The summed E-state index contributed by atoms with van der Waals surface area (Å²) in [5, 5.41) is 0.822. The minimum atomic E-state index is -0.550. The van der Waals surface area contributed by atoms with Gasteiger partial charge in [0.25, 0.3) is 5.91 Å². The lowest BCUT2D eigenvalue weighted by Gasteiger charge is -2.41. The topological polar surface area (TPSA) is 55.8 Å². The average Bonchev–Trinajstić information content (AvgIpc) is 3.12. The van der Waals surface area contributed by atoms with E-state index in [0.717, 1.165) is 29.7 Å². The van der Waals surface area contributed by atoms with Gasteiger partial charge in [0.1, 0.15) is 11.9 Å². The Kier molecular flexibility index (Phi) is 6.58. The van der Waals surface area contributed by atoms with Crippen molar-refractivity contribution in [2.45, 2.75) is 45.3 Å². The lowest BCUT2D eigenvalue weighted by Crippen LogP contribution is -2.45. The molecule has 3 aliphatic rings. The van der Waals surface area contributed by atoms with E-state index < -0.39 is 6.04 Å². The number of nitrogens with zero attached hydrogens (tertiary/aromatic N) is 1. The number of amides is 1. The van der Waals surface area contributed by atoms with Gasteiger partial charge in [-0.05, 0) is 66.5 Å². The number of rotatable bonds is 5. The highest BCUT2D eigenvalue weighted by molar-refractivity contribution is 6.42. The second-order valence-electron chi connectivity index (χ2n) is 10.0. The molecule has 2 aliphatic heterocycles. The summed E-state index contributed by atoms with van der Waals surface area (Å²) in [4.78, 5) is 29.4. The Morgan fingerprint density at radius 1 is 1.03 bits per heavy atom. The molecule has 0 aromatic heterocycles. The number of Topliss-reactive ketones (excluding diaryl/α,β-unsaturated/α-hetero) is 1. The summed E-state index contributed by atoms with van der Waals surface area (Å²) < 4.78 is 11.6. The van der Waals surface area contributed by atoms with E-state index in [1.807, 2.05) is 30.3 Å². The molecule has 5 nitrogen and oxygen atoms in total. The van der Waals surface area contributed by atoms with Gasteiger partial charge >= 0.3 is 0 Å². The van der Waals surface area contributed by atoms with Gasteiger partial charge in [0.2, 0.25) is 0 Å². The molecule has 5 rings (SSSR count). The molecule has 0 N–H and O–H groups in total. The molecule has 0 radical (unpaired) electrons. The van der Waals surface area contributed by atoms with Gasteiger partial charge in [-0.25, -0.2) is 0 Å². The molecule has 1 fully saturated rings. The smallest absolute Gasteiger partial charge is 0.290 e. The number of hydrogen-bond donors (Lipinski definition) is 0. The Hall–Kier alpha value is -2.50. The van der Waals surface area contributed by atoms with Crippen LogP contribution in [0.4, 0.5) is 0 Å². The van der Waals surface area contributed by atoms with Crippen LogP contribution in [-0.2, 0) is 20.7 Å². The van der Waals surface area contributed by atoms with Crippen LogP contribution in [0.1, 0.15) is 43.9 Å². The van der Waals surface area contributed by atoms with Crippen LogP contribution in [0.5, 0.6) is 5.75 Å². The van der Waals surface area contributed by atoms with E-state index in [0.29, 0.717) is 34.5 Å². The van der Waals surface area contributed by atoms with E-state index in [-0.39, 0.29) is 35.4 Å². The minimum Gasteiger partial charge on any atom is -0.497 e. The first-order valence-corrected chi connectivity index (χ1v) is 12.9. The van der Waals surface area contributed by atoms with Gasteiger partial charge in [-0.1, -0.05) is 55.2 Å². The maximum atomic E-state index is 13.9. The SMILES string of the molecule is COc1ccc(CCN2C(=O)C3=C(C(=O)C4CC(C)CC(C)C4O3)C2c2ccc(Cl)c(Cl)c2)cc1. The number of carbonyl (C=O) groups excluding carboxylic acids is 2. The van der Waals surface area contributed by atoms with Gasteiger partial charge in [0, 0.05) is 6.54 Å². The Balaban J connectivity index is 1.51. The number of ketones is 1. The predicted molar refractivity (Wildman–Crippen MR) is 136 cm³/mol. The van der Waals surface area contributed by atoms with Gasteiger partial charge in [0.05, 0.1) is 34.7 Å². The maximum absolute atomic E-state index is 13.9. The zero-order chi connectivity index (χ0) is 24.9.